The molecule has 0 saturated carbocycles. The first-order valence-corrected chi connectivity index (χ1v) is 4.58. The van der Waals surface area contributed by atoms with Gasteiger partial charge in [0, 0.05) is 6.54 Å². The minimum Gasteiger partial charge on any atom is -0.493 e. The molecule has 1 unspecified atom stereocenters. The second kappa shape index (κ2) is 5.23. The number of methoxy groups -OCH3 is 2. The van der Waals surface area contributed by atoms with E-state index >= 15 is 0 Å². The predicted octanol–water partition coefficient (Wildman–Crippen LogP) is 1.27. The Morgan fingerprint density at radius 2 is 2.00 bits per heavy atom. The highest BCUT2D eigenvalue weighted by Gasteiger charge is 2.11. The maximum Gasteiger partial charge on any atom is 0.161 e. The number of hydrogen-bond acceptors (Lipinski definition) is 4. The second-order valence-corrected chi connectivity index (χ2v) is 3.03. The number of nitrogens with zero attached hydrogens (tertiary/aromatic N) is 1. The predicted molar refractivity (Wildman–Crippen MR) is 57.0 cm³/mol. The lowest BCUT2D eigenvalue weighted by Crippen LogP contribution is -2.10. The van der Waals surface area contributed by atoms with Crippen molar-refractivity contribution >= 4 is 0 Å². The Hall–Kier alpha value is -1.73. The number of nitrogens with two attached hydrogens (primary N) is 1. The topological polar surface area (TPSA) is 68.3 Å². The molecule has 0 saturated heterocycles. The van der Waals surface area contributed by atoms with Crippen LogP contribution in [0.4, 0.5) is 0 Å². The van der Waals surface area contributed by atoms with Gasteiger partial charge in [-0.1, -0.05) is 6.07 Å². The maximum atomic E-state index is 8.87. The molecule has 80 valence electrons. The molecule has 2 N–H and O–H groups in total. The Balaban J connectivity index is 3.08. The van der Waals surface area contributed by atoms with Crippen LogP contribution in [0.15, 0.2) is 18.2 Å². The number of ether oxygens (including phenoxy) is 2. The van der Waals surface area contributed by atoms with Crippen molar-refractivity contribution < 1.29 is 9.47 Å². The number of hydrogen-bond donors (Lipinski definition) is 1. The molecule has 4 heteroatoms. The van der Waals surface area contributed by atoms with E-state index in [0.717, 1.165) is 5.56 Å². The highest BCUT2D eigenvalue weighted by atomic mass is 16.5. The molecule has 1 aromatic carbocycles. The van der Waals surface area contributed by atoms with Crippen molar-refractivity contribution in [2.24, 2.45) is 5.73 Å². The molecule has 0 heterocycles. The Kier molecular flexibility index (Phi) is 3.95. The molecule has 0 aliphatic carbocycles. The minimum absolute atomic E-state index is 0.298. The summed E-state index contributed by atoms with van der Waals surface area (Å²) < 4.78 is 10.2. The quantitative estimate of drug-likeness (QED) is 0.805. The van der Waals surface area contributed by atoms with Crippen molar-refractivity contribution in [3.63, 3.8) is 0 Å². The summed E-state index contributed by atoms with van der Waals surface area (Å²) in [6, 6.07) is 7.51. The lowest BCUT2D eigenvalue weighted by atomic mass is 10.0. The first-order valence-electron chi connectivity index (χ1n) is 4.58. The molecule has 0 radical (unpaired) electrons. The van der Waals surface area contributed by atoms with E-state index in [9.17, 15) is 0 Å². The zero-order chi connectivity index (χ0) is 11.3. The molecule has 1 aromatic rings. The lowest BCUT2D eigenvalue weighted by molar-refractivity contribution is 0.354. The van der Waals surface area contributed by atoms with E-state index < -0.39 is 0 Å². The van der Waals surface area contributed by atoms with Gasteiger partial charge in [-0.05, 0) is 17.7 Å². The first-order chi connectivity index (χ1) is 7.26. The summed E-state index contributed by atoms with van der Waals surface area (Å²) in [7, 11) is 3.13. The molecule has 4 nitrogen and oxygen atoms in total. The molecule has 0 aliphatic heterocycles. The number of benzene rings is 1. The summed E-state index contributed by atoms with van der Waals surface area (Å²) in [6.45, 7) is 0.298. The van der Waals surface area contributed by atoms with E-state index in [1.54, 1.807) is 26.4 Å². The zero-order valence-electron chi connectivity index (χ0n) is 8.86. The molecular formula is C11H14N2O2. The molecular weight excluding hydrogens is 192 g/mol. The summed E-state index contributed by atoms with van der Waals surface area (Å²) in [5.74, 6) is 0.962. The van der Waals surface area contributed by atoms with Crippen molar-refractivity contribution in [1.82, 2.24) is 0 Å². The van der Waals surface area contributed by atoms with Crippen LogP contribution >= 0.6 is 0 Å². The van der Waals surface area contributed by atoms with Crippen molar-refractivity contribution in [2.45, 2.75) is 5.92 Å². The van der Waals surface area contributed by atoms with Gasteiger partial charge >= 0.3 is 0 Å². The van der Waals surface area contributed by atoms with Crippen LogP contribution in [0.5, 0.6) is 11.5 Å². The van der Waals surface area contributed by atoms with Gasteiger partial charge in [-0.25, -0.2) is 0 Å². The standard InChI is InChI=1S/C11H14N2O2/c1-14-10-4-3-8(5-11(10)15-2)9(6-12)7-13/h3-5,9H,6,12H2,1-2H3. The van der Waals surface area contributed by atoms with Gasteiger partial charge in [-0.3, -0.25) is 0 Å². The van der Waals surface area contributed by atoms with Gasteiger partial charge < -0.3 is 15.2 Å². The van der Waals surface area contributed by atoms with Gasteiger partial charge in [0.25, 0.3) is 0 Å². The van der Waals surface area contributed by atoms with Crippen molar-refractivity contribution in [2.75, 3.05) is 20.8 Å². The summed E-state index contributed by atoms with van der Waals surface area (Å²) >= 11 is 0. The summed E-state index contributed by atoms with van der Waals surface area (Å²) in [5, 5.41) is 8.87. The normalized spacial score (nSPS) is 11.6. The average molecular weight is 206 g/mol. The molecule has 0 aromatic heterocycles. The summed E-state index contributed by atoms with van der Waals surface area (Å²) in [4.78, 5) is 0. The zero-order valence-corrected chi connectivity index (χ0v) is 8.86. The van der Waals surface area contributed by atoms with Crippen LogP contribution in [-0.2, 0) is 0 Å². The Morgan fingerprint density at radius 1 is 1.33 bits per heavy atom. The van der Waals surface area contributed by atoms with Gasteiger partial charge in [0.15, 0.2) is 11.5 Å². The monoisotopic (exact) mass is 206 g/mol. The molecule has 0 fully saturated rings. The van der Waals surface area contributed by atoms with Gasteiger partial charge in [0.2, 0.25) is 0 Å². The Morgan fingerprint density at radius 3 is 2.47 bits per heavy atom. The lowest BCUT2D eigenvalue weighted by Gasteiger charge is -2.11. The van der Waals surface area contributed by atoms with Crippen molar-refractivity contribution in [3.8, 4) is 17.6 Å². The van der Waals surface area contributed by atoms with E-state index in [1.165, 1.54) is 0 Å². The molecule has 0 amide bonds. The van der Waals surface area contributed by atoms with E-state index in [4.69, 9.17) is 20.5 Å². The SMILES string of the molecule is COc1ccc(C(C#N)CN)cc1OC. The third kappa shape index (κ3) is 2.39. The number of nitriles is 1. The van der Waals surface area contributed by atoms with Crippen LogP contribution < -0.4 is 15.2 Å². The van der Waals surface area contributed by atoms with Crippen LogP contribution in [0.1, 0.15) is 11.5 Å². The largest absolute Gasteiger partial charge is 0.493 e. The Bertz CT molecular complexity index is 371. The van der Waals surface area contributed by atoms with Gasteiger partial charge in [0.1, 0.15) is 0 Å². The van der Waals surface area contributed by atoms with Crippen LogP contribution in [0.3, 0.4) is 0 Å². The van der Waals surface area contributed by atoms with Crippen LogP contribution in [-0.4, -0.2) is 20.8 Å². The summed E-state index contributed by atoms with van der Waals surface area (Å²) in [6.07, 6.45) is 0. The molecule has 0 spiro atoms. The van der Waals surface area contributed by atoms with E-state index in [1.807, 2.05) is 6.07 Å². The van der Waals surface area contributed by atoms with E-state index in [0.29, 0.717) is 18.0 Å². The molecule has 15 heavy (non-hydrogen) atoms. The second-order valence-electron chi connectivity index (χ2n) is 3.03. The third-order valence-electron chi connectivity index (χ3n) is 2.20. The fourth-order valence-electron chi connectivity index (χ4n) is 1.33. The van der Waals surface area contributed by atoms with Crippen LogP contribution in [0, 0.1) is 11.3 Å². The fraction of sp³-hybridized carbons (Fsp3) is 0.364. The van der Waals surface area contributed by atoms with E-state index in [2.05, 4.69) is 6.07 Å². The molecule has 0 aliphatic rings. The highest BCUT2D eigenvalue weighted by molar-refractivity contribution is 5.45. The maximum absolute atomic E-state index is 8.87. The Labute approximate surface area is 89.2 Å². The van der Waals surface area contributed by atoms with E-state index in [-0.39, 0.29) is 5.92 Å². The van der Waals surface area contributed by atoms with Crippen LogP contribution in [0.2, 0.25) is 0 Å². The minimum atomic E-state index is -0.301. The number of rotatable bonds is 4. The van der Waals surface area contributed by atoms with Crippen molar-refractivity contribution in [1.29, 1.82) is 5.26 Å². The van der Waals surface area contributed by atoms with Crippen LogP contribution in [0.25, 0.3) is 0 Å². The van der Waals surface area contributed by atoms with Gasteiger partial charge in [-0.2, -0.15) is 5.26 Å². The smallest absolute Gasteiger partial charge is 0.161 e. The molecule has 1 rings (SSSR count). The third-order valence-corrected chi connectivity index (χ3v) is 2.20. The van der Waals surface area contributed by atoms with Crippen molar-refractivity contribution in [3.05, 3.63) is 23.8 Å². The molecule has 1 atom stereocenters. The fourth-order valence-corrected chi connectivity index (χ4v) is 1.33. The van der Waals surface area contributed by atoms with Gasteiger partial charge in [0.05, 0.1) is 26.2 Å². The molecule has 0 bridgehead atoms. The highest BCUT2D eigenvalue weighted by Crippen LogP contribution is 2.30. The first kappa shape index (κ1) is 11.3. The summed E-state index contributed by atoms with van der Waals surface area (Å²) in [5.41, 5.74) is 6.33. The van der Waals surface area contributed by atoms with Gasteiger partial charge in [-0.15, -0.1) is 0 Å². The average Bonchev–Trinajstić information content (AvgIpc) is 2.30.